The van der Waals surface area contributed by atoms with Crippen LogP contribution in [0.25, 0.3) is 0 Å². The van der Waals surface area contributed by atoms with Crippen LogP contribution in [-0.4, -0.2) is 13.1 Å². The van der Waals surface area contributed by atoms with Gasteiger partial charge in [-0.2, -0.15) is 0 Å². The second-order valence-electron chi connectivity index (χ2n) is 6.78. The molecule has 1 N–H and O–H groups in total. The lowest BCUT2D eigenvalue weighted by Gasteiger charge is -2.26. The lowest BCUT2D eigenvalue weighted by Crippen LogP contribution is -2.33. The summed E-state index contributed by atoms with van der Waals surface area (Å²) < 4.78 is 0. The molecule has 0 radical (unpaired) electrons. The minimum absolute atomic E-state index is 0.316. The van der Waals surface area contributed by atoms with Gasteiger partial charge in [0.25, 0.3) is 0 Å². The number of hydrogen-bond donors (Lipinski definition) is 1. The van der Waals surface area contributed by atoms with Gasteiger partial charge in [0.1, 0.15) is 0 Å². The van der Waals surface area contributed by atoms with Gasteiger partial charge in [0.2, 0.25) is 0 Å². The highest BCUT2D eigenvalue weighted by molar-refractivity contribution is 5.30. The van der Waals surface area contributed by atoms with Crippen molar-refractivity contribution in [3.8, 4) is 0 Å². The number of hydrogen-bond acceptors (Lipinski definition) is 1. The Labute approximate surface area is 113 Å². The normalized spacial score (nSPS) is 12.2. The zero-order valence-corrected chi connectivity index (χ0v) is 12.9. The monoisotopic (exact) mass is 247 g/mol. The van der Waals surface area contributed by atoms with Crippen molar-refractivity contribution in [1.82, 2.24) is 5.32 Å². The van der Waals surface area contributed by atoms with Crippen molar-refractivity contribution < 1.29 is 0 Å². The lowest BCUT2D eigenvalue weighted by atomic mass is 9.85. The van der Waals surface area contributed by atoms with Gasteiger partial charge in [-0.05, 0) is 54.8 Å². The van der Waals surface area contributed by atoms with E-state index >= 15 is 0 Å². The smallest absolute Gasteiger partial charge is 0.000581 e. The molecule has 0 aromatic heterocycles. The average Bonchev–Trinajstić information content (AvgIpc) is 2.22. The topological polar surface area (TPSA) is 12.0 Å². The Morgan fingerprint density at radius 3 is 2.33 bits per heavy atom. The Morgan fingerprint density at radius 1 is 1.11 bits per heavy atom. The van der Waals surface area contributed by atoms with Crippen LogP contribution < -0.4 is 5.32 Å². The molecule has 0 aliphatic rings. The van der Waals surface area contributed by atoms with Crippen LogP contribution in [0.15, 0.2) is 18.2 Å². The highest BCUT2D eigenvalue weighted by atomic mass is 14.9. The Balaban J connectivity index is 2.55. The van der Waals surface area contributed by atoms with E-state index in [1.54, 1.807) is 0 Å². The third-order valence-corrected chi connectivity index (χ3v) is 3.41. The van der Waals surface area contributed by atoms with Crippen LogP contribution in [0, 0.1) is 25.2 Å². The third-order valence-electron chi connectivity index (χ3n) is 3.41. The van der Waals surface area contributed by atoms with Gasteiger partial charge in [-0.1, -0.05) is 45.9 Å². The molecule has 1 nitrogen and oxygen atoms in total. The maximum atomic E-state index is 3.57. The zero-order valence-electron chi connectivity index (χ0n) is 12.9. The first-order valence-corrected chi connectivity index (χ1v) is 7.07. The molecule has 0 saturated carbocycles. The summed E-state index contributed by atoms with van der Waals surface area (Å²) in [7, 11) is 0. The molecule has 0 unspecified atom stereocenters. The molecule has 0 spiro atoms. The Kier molecular flexibility index (Phi) is 5.40. The summed E-state index contributed by atoms with van der Waals surface area (Å²) in [6.45, 7) is 15.8. The van der Waals surface area contributed by atoms with Crippen molar-refractivity contribution in [2.75, 3.05) is 13.1 Å². The number of nitrogens with one attached hydrogen (secondary N) is 1. The van der Waals surface area contributed by atoms with Gasteiger partial charge in [-0.15, -0.1) is 0 Å². The summed E-state index contributed by atoms with van der Waals surface area (Å²) in [6.07, 6.45) is 1.14. The largest absolute Gasteiger partial charge is 0.316 e. The fourth-order valence-corrected chi connectivity index (χ4v) is 2.23. The molecule has 18 heavy (non-hydrogen) atoms. The van der Waals surface area contributed by atoms with Crippen molar-refractivity contribution in [1.29, 1.82) is 0 Å². The van der Waals surface area contributed by atoms with Crippen LogP contribution in [0.4, 0.5) is 0 Å². The Morgan fingerprint density at radius 2 is 1.78 bits per heavy atom. The lowest BCUT2D eigenvalue weighted by molar-refractivity contribution is 0.330. The fraction of sp³-hybridized carbons (Fsp3) is 0.647. The Hall–Kier alpha value is -0.820. The summed E-state index contributed by atoms with van der Waals surface area (Å²) in [5, 5.41) is 3.57. The maximum absolute atomic E-state index is 3.57. The zero-order chi connectivity index (χ0) is 13.8. The number of benzene rings is 1. The van der Waals surface area contributed by atoms with E-state index in [1.165, 1.54) is 16.7 Å². The molecule has 1 heteroatoms. The minimum Gasteiger partial charge on any atom is -0.316 e. The van der Waals surface area contributed by atoms with Crippen molar-refractivity contribution in [2.24, 2.45) is 11.3 Å². The van der Waals surface area contributed by atoms with Gasteiger partial charge in [0, 0.05) is 6.54 Å². The van der Waals surface area contributed by atoms with Gasteiger partial charge >= 0.3 is 0 Å². The highest BCUT2D eigenvalue weighted by Gasteiger charge is 2.18. The molecule has 1 aromatic rings. The van der Waals surface area contributed by atoms with Crippen LogP contribution in [0.1, 0.15) is 44.4 Å². The van der Waals surface area contributed by atoms with Crippen LogP contribution in [0.5, 0.6) is 0 Å². The van der Waals surface area contributed by atoms with Crippen LogP contribution in [-0.2, 0) is 6.42 Å². The third kappa shape index (κ3) is 5.22. The van der Waals surface area contributed by atoms with E-state index in [4.69, 9.17) is 0 Å². The molecule has 0 atom stereocenters. The second kappa shape index (κ2) is 6.38. The summed E-state index contributed by atoms with van der Waals surface area (Å²) >= 11 is 0. The first-order valence-electron chi connectivity index (χ1n) is 7.07. The van der Waals surface area contributed by atoms with Crippen molar-refractivity contribution in [2.45, 2.75) is 48.0 Å². The van der Waals surface area contributed by atoms with Gasteiger partial charge in [0.15, 0.2) is 0 Å². The van der Waals surface area contributed by atoms with E-state index in [0.29, 0.717) is 5.41 Å². The average molecular weight is 247 g/mol. The SMILES string of the molecule is Cc1ccc(CC(C)(C)CNCC(C)C)cc1C. The molecule has 0 aliphatic carbocycles. The van der Waals surface area contributed by atoms with E-state index in [9.17, 15) is 0 Å². The van der Waals surface area contributed by atoms with Crippen LogP contribution in [0.2, 0.25) is 0 Å². The minimum atomic E-state index is 0.316. The molecule has 0 amide bonds. The number of aryl methyl sites for hydroxylation is 2. The van der Waals surface area contributed by atoms with E-state index < -0.39 is 0 Å². The first-order chi connectivity index (χ1) is 8.30. The molecule has 1 rings (SSSR count). The Bertz CT molecular complexity index is 377. The van der Waals surface area contributed by atoms with Gasteiger partial charge < -0.3 is 5.32 Å². The van der Waals surface area contributed by atoms with Crippen molar-refractivity contribution in [3.05, 3.63) is 34.9 Å². The van der Waals surface area contributed by atoms with E-state index in [-0.39, 0.29) is 0 Å². The first kappa shape index (κ1) is 15.2. The summed E-state index contributed by atoms with van der Waals surface area (Å²) in [5.41, 5.74) is 4.55. The fourth-order valence-electron chi connectivity index (χ4n) is 2.23. The van der Waals surface area contributed by atoms with Crippen molar-refractivity contribution in [3.63, 3.8) is 0 Å². The molecular weight excluding hydrogens is 218 g/mol. The van der Waals surface area contributed by atoms with E-state index in [2.05, 4.69) is 65.1 Å². The predicted octanol–water partition coefficient (Wildman–Crippen LogP) is 4.12. The number of rotatable bonds is 6. The highest BCUT2D eigenvalue weighted by Crippen LogP contribution is 2.22. The van der Waals surface area contributed by atoms with E-state index in [0.717, 1.165) is 25.4 Å². The van der Waals surface area contributed by atoms with Gasteiger partial charge in [0.05, 0.1) is 0 Å². The van der Waals surface area contributed by atoms with Gasteiger partial charge in [-0.3, -0.25) is 0 Å². The van der Waals surface area contributed by atoms with E-state index in [1.807, 2.05) is 0 Å². The molecule has 0 fully saturated rings. The molecule has 0 heterocycles. The molecular formula is C17H29N. The standard InChI is InChI=1S/C17H29N/c1-13(2)11-18-12-17(5,6)10-16-8-7-14(3)15(4)9-16/h7-9,13,18H,10-12H2,1-6H3. The predicted molar refractivity (Wildman–Crippen MR) is 81.1 cm³/mol. The molecule has 0 saturated heterocycles. The summed E-state index contributed by atoms with van der Waals surface area (Å²) in [6, 6.07) is 6.84. The molecule has 0 bridgehead atoms. The summed E-state index contributed by atoms with van der Waals surface area (Å²) in [5.74, 6) is 0.724. The summed E-state index contributed by atoms with van der Waals surface area (Å²) in [4.78, 5) is 0. The maximum Gasteiger partial charge on any atom is 0.000581 e. The van der Waals surface area contributed by atoms with Crippen LogP contribution >= 0.6 is 0 Å². The quantitative estimate of drug-likeness (QED) is 0.797. The molecule has 102 valence electrons. The molecule has 0 aliphatic heterocycles. The van der Waals surface area contributed by atoms with Gasteiger partial charge in [-0.25, -0.2) is 0 Å². The molecule has 1 aromatic carbocycles. The van der Waals surface area contributed by atoms with Crippen molar-refractivity contribution >= 4 is 0 Å². The second-order valence-corrected chi connectivity index (χ2v) is 6.78. The van der Waals surface area contributed by atoms with Crippen LogP contribution in [0.3, 0.4) is 0 Å².